The minimum atomic E-state index is -0.954. The zero-order chi connectivity index (χ0) is 31.2. The predicted octanol–water partition coefficient (Wildman–Crippen LogP) is 5.97. The highest BCUT2D eigenvalue weighted by Gasteiger charge is 2.22. The van der Waals surface area contributed by atoms with Crippen LogP contribution < -0.4 is 14.8 Å². The van der Waals surface area contributed by atoms with E-state index in [1.165, 1.54) is 19.2 Å². The van der Waals surface area contributed by atoms with Crippen LogP contribution in [0.4, 0.5) is 14.4 Å². The van der Waals surface area contributed by atoms with Crippen molar-refractivity contribution >= 4 is 24.4 Å². The van der Waals surface area contributed by atoms with Crippen molar-refractivity contribution in [2.24, 2.45) is 5.92 Å². The first-order valence-electron chi connectivity index (χ1n) is 14.7. The quantitative estimate of drug-likeness (QED) is 0.0818. The Bertz CT molecular complexity index is 953. The summed E-state index contributed by atoms with van der Waals surface area (Å²) in [5.41, 5.74) is 0.559. The number of hydrogen-bond donors (Lipinski definition) is 1. The Morgan fingerprint density at radius 2 is 1.36 bits per heavy atom. The summed E-state index contributed by atoms with van der Waals surface area (Å²) in [6.45, 7) is 8.79. The summed E-state index contributed by atoms with van der Waals surface area (Å²) in [7, 11) is 1.26. The topological polar surface area (TPSA) is 145 Å². The van der Waals surface area contributed by atoms with Gasteiger partial charge in [-0.15, -0.1) is 0 Å². The van der Waals surface area contributed by atoms with Gasteiger partial charge in [-0.1, -0.05) is 65.9 Å². The van der Waals surface area contributed by atoms with E-state index in [2.05, 4.69) is 5.32 Å². The van der Waals surface area contributed by atoms with Crippen LogP contribution in [0.1, 0.15) is 78.2 Å². The molecule has 0 heterocycles. The normalized spacial score (nSPS) is 12.0. The highest BCUT2D eigenvalue weighted by molar-refractivity contribution is 5.76. The van der Waals surface area contributed by atoms with Crippen LogP contribution in [0.5, 0.6) is 11.5 Å². The zero-order valence-corrected chi connectivity index (χ0v) is 25.6. The minimum absolute atomic E-state index is 0.0296. The van der Waals surface area contributed by atoms with E-state index in [9.17, 15) is 19.2 Å². The fraction of sp³-hybridized carbons (Fsp3) is 0.667. The number of rotatable bonds is 20. The SMILES string of the molecule is CCCCCOC(=O)Oc1ccc(C[C@H](NCCOC(=O)OCC(C)CC)C(=O)OC)cc1OC(=O)OCCCCC. The molecule has 42 heavy (non-hydrogen) atoms. The fourth-order valence-electron chi connectivity index (χ4n) is 3.45. The first kappa shape index (κ1) is 36.5. The van der Waals surface area contributed by atoms with Gasteiger partial charge < -0.3 is 38.5 Å². The Morgan fingerprint density at radius 1 is 0.762 bits per heavy atom. The molecule has 0 aliphatic heterocycles. The van der Waals surface area contributed by atoms with E-state index >= 15 is 0 Å². The summed E-state index contributed by atoms with van der Waals surface area (Å²) in [4.78, 5) is 48.7. The molecule has 0 bridgehead atoms. The van der Waals surface area contributed by atoms with Gasteiger partial charge in [0.05, 0.1) is 26.9 Å². The van der Waals surface area contributed by atoms with Crippen LogP contribution in [0, 0.1) is 5.92 Å². The number of esters is 1. The third-order valence-electron chi connectivity index (χ3n) is 6.15. The minimum Gasteiger partial charge on any atom is -0.468 e. The molecule has 12 heteroatoms. The van der Waals surface area contributed by atoms with Crippen molar-refractivity contribution in [3.63, 3.8) is 0 Å². The number of ether oxygens (including phenoxy) is 7. The largest absolute Gasteiger partial charge is 0.513 e. The molecule has 0 aliphatic rings. The third-order valence-corrected chi connectivity index (χ3v) is 6.15. The van der Waals surface area contributed by atoms with E-state index in [4.69, 9.17) is 33.2 Å². The maximum absolute atomic E-state index is 12.4. The van der Waals surface area contributed by atoms with E-state index < -0.39 is 30.5 Å². The number of carbonyl (C=O) groups is 4. The van der Waals surface area contributed by atoms with Crippen molar-refractivity contribution in [2.75, 3.05) is 40.1 Å². The van der Waals surface area contributed by atoms with E-state index in [0.717, 1.165) is 32.1 Å². The maximum atomic E-state index is 12.4. The number of hydrogen-bond acceptors (Lipinski definition) is 12. The lowest BCUT2D eigenvalue weighted by atomic mass is 10.1. The molecule has 238 valence electrons. The molecular weight excluding hydrogens is 550 g/mol. The molecule has 12 nitrogen and oxygen atoms in total. The van der Waals surface area contributed by atoms with Gasteiger partial charge in [0.2, 0.25) is 0 Å². The van der Waals surface area contributed by atoms with Gasteiger partial charge in [0.25, 0.3) is 0 Å². The molecule has 2 atom stereocenters. The summed E-state index contributed by atoms with van der Waals surface area (Å²) >= 11 is 0. The van der Waals surface area contributed by atoms with Crippen LogP contribution in [0.25, 0.3) is 0 Å². The number of benzene rings is 1. The van der Waals surface area contributed by atoms with Gasteiger partial charge in [-0.3, -0.25) is 4.79 Å². The monoisotopic (exact) mass is 597 g/mol. The van der Waals surface area contributed by atoms with Gasteiger partial charge in [-0.05, 0) is 42.9 Å². The predicted molar refractivity (Wildman–Crippen MR) is 154 cm³/mol. The van der Waals surface area contributed by atoms with E-state index in [0.29, 0.717) is 18.4 Å². The maximum Gasteiger partial charge on any atom is 0.513 e. The van der Waals surface area contributed by atoms with Gasteiger partial charge in [-0.25, -0.2) is 14.4 Å². The van der Waals surface area contributed by atoms with Crippen LogP contribution in [-0.2, 0) is 34.9 Å². The molecule has 1 aromatic carbocycles. The molecule has 0 radical (unpaired) electrons. The third kappa shape index (κ3) is 16.0. The zero-order valence-electron chi connectivity index (χ0n) is 25.6. The average molecular weight is 598 g/mol. The highest BCUT2D eigenvalue weighted by Crippen LogP contribution is 2.30. The second-order valence-corrected chi connectivity index (χ2v) is 9.75. The standard InChI is InChI=1S/C30H47NO11/c1-6-9-11-16-37-29(34)41-25-14-13-23(20-26(25)42-30(35)38-17-12-10-7-2)19-24(27(32)36-5)31-15-18-39-28(33)40-21-22(4)8-3/h13-14,20,22,24,31H,6-12,15-19,21H2,1-5H3/t22?,24-/m0/s1. The average Bonchev–Trinajstić information content (AvgIpc) is 2.98. The summed E-state index contributed by atoms with van der Waals surface area (Å²) in [5.74, 6) is -0.446. The Balaban J connectivity index is 2.89. The molecular formula is C30H47NO11. The number of methoxy groups -OCH3 is 1. The Kier molecular flexibility index (Phi) is 19.2. The Labute approximate surface area is 248 Å². The molecule has 0 saturated heterocycles. The number of unbranched alkanes of at least 4 members (excludes halogenated alkanes) is 4. The molecule has 1 aromatic rings. The molecule has 0 aromatic heterocycles. The first-order chi connectivity index (χ1) is 20.2. The van der Waals surface area contributed by atoms with Crippen LogP contribution in [0.2, 0.25) is 0 Å². The second kappa shape index (κ2) is 22.1. The van der Waals surface area contributed by atoms with Crippen LogP contribution >= 0.6 is 0 Å². The molecule has 0 fully saturated rings. The van der Waals surface area contributed by atoms with Gasteiger partial charge >= 0.3 is 24.4 Å². The van der Waals surface area contributed by atoms with E-state index in [1.807, 2.05) is 27.7 Å². The van der Waals surface area contributed by atoms with Crippen molar-refractivity contribution in [3.8, 4) is 11.5 Å². The van der Waals surface area contributed by atoms with Crippen molar-refractivity contribution in [1.29, 1.82) is 0 Å². The van der Waals surface area contributed by atoms with Crippen LogP contribution in [0.3, 0.4) is 0 Å². The van der Waals surface area contributed by atoms with Crippen LogP contribution in [-0.4, -0.2) is 70.6 Å². The lowest BCUT2D eigenvalue weighted by molar-refractivity contribution is -0.143. The van der Waals surface area contributed by atoms with Crippen LogP contribution in [0.15, 0.2) is 18.2 Å². The second-order valence-electron chi connectivity index (χ2n) is 9.75. The molecule has 0 saturated carbocycles. The first-order valence-corrected chi connectivity index (χ1v) is 14.7. The van der Waals surface area contributed by atoms with Gasteiger partial charge in [0.15, 0.2) is 11.5 Å². The van der Waals surface area contributed by atoms with Gasteiger partial charge in [-0.2, -0.15) is 0 Å². The molecule has 1 unspecified atom stereocenters. The number of carbonyl (C=O) groups excluding carboxylic acids is 4. The molecule has 0 aliphatic carbocycles. The fourth-order valence-corrected chi connectivity index (χ4v) is 3.45. The Hall–Kier alpha value is -3.54. The summed E-state index contributed by atoms with van der Waals surface area (Å²) in [6.07, 6.45) is 3.44. The van der Waals surface area contributed by atoms with Crippen molar-refractivity contribution in [1.82, 2.24) is 5.32 Å². The number of nitrogens with one attached hydrogen (secondary N) is 1. The lowest BCUT2D eigenvalue weighted by Crippen LogP contribution is -2.41. The highest BCUT2D eigenvalue weighted by atomic mass is 16.7. The van der Waals surface area contributed by atoms with Crippen molar-refractivity contribution in [3.05, 3.63) is 23.8 Å². The van der Waals surface area contributed by atoms with Crippen molar-refractivity contribution in [2.45, 2.75) is 85.1 Å². The summed E-state index contributed by atoms with van der Waals surface area (Å²) in [6, 6.07) is 3.69. The van der Waals surface area contributed by atoms with E-state index in [1.54, 1.807) is 6.07 Å². The smallest absolute Gasteiger partial charge is 0.468 e. The lowest BCUT2D eigenvalue weighted by Gasteiger charge is -2.18. The molecule has 0 spiro atoms. The van der Waals surface area contributed by atoms with E-state index in [-0.39, 0.29) is 56.8 Å². The Morgan fingerprint density at radius 3 is 1.93 bits per heavy atom. The van der Waals surface area contributed by atoms with Gasteiger partial charge in [0, 0.05) is 6.54 Å². The molecule has 1 rings (SSSR count). The summed E-state index contributed by atoms with van der Waals surface area (Å²) < 4.78 is 35.8. The van der Waals surface area contributed by atoms with Crippen molar-refractivity contribution < 1.29 is 52.3 Å². The van der Waals surface area contributed by atoms with Gasteiger partial charge in [0.1, 0.15) is 12.6 Å². The molecule has 0 amide bonds. The molecule has 1 N–H and O–H groups in total. The summed E-state index contributed by atoms with van der Waals surface area (Å²) in [5, 5.41) is 2.99.